The van der Waals surface area contributed by atoms with E-state index in [0.717, 1.165) is 0 Å². The molecule has 0 spiro atoms. The third kappa shape index (κ3) is 6.76. The van der Waals surface area contributed by atoms with Gasteiger partial charge in [0.15, 0.2) is 11.9 Å². The maximum Gasteiger partial charge on any atom is 0.338 e. The lowest BCUT2D eigenvalue weighted by Gasteiger charge is -2.14. The minimum Gasteiger partial charge on any atom is -0.449 e. The van der Waals surface area contributed by atoms with E-state index in [1.54, 1.807) is 60.7 Å². The lowest BCUT2D eigenvalue weighted by Crippen LogP contribution is -2.30. The standard InChI is InChI=1S/C25H23N3O5/c1-16(29)19-7-6-10-22(15-19)26-23(30)17(2)33-24(31)18-11-13-21(14-12-18)28-25(32)27-20-8-4-3-5-9-20/h3-15,17H,1-2H3,(H,26,30)(H2,27,28,32). The van der Waals surface area contributed by atoms with E-state index < -0.39 is 24.0 Å². The Labute approximate surface area is 191 Å². The van der Waals surface area contributed by atoms with Crippen LogP contribution in [-0.2, 0) is 9.53 Å². The monoisotopic (exact) mass is 445 g/mol. The van der Waals surface area contributed by atoms with Crippen molar-refractivity contribution in [3.63, 3.8) is 0 Å². The van der Waals surface area contributed by atoms with Gasteiger partial charge in [0.05, 0.1) is 5.56 Å². The average molecular weight is 445 g/mol. The predicted molar refractivity (Wildman–Crippen MR) is 125 cm³/mol. The molecule has 8 heteroatoms. The number of carbonyl (C=O) groups excluding carboxylic acids is 4. The number of carbonyl (C=O) groups is 4. The van der Waals surface area contributed by atoms with E-state index in [0.29, 0.717) is 22.6 Å². The van der Waals surface area contributed by atoms with Gasteiger partial charge >= 0.3 is 12.0 Å². The Balaban J connectivity index is 1.53. The lowest BCUT2D eigenvalue weighted by atomic mass is 10.1. The Hall–Kier alpha value is -4.46. The van der Waals surface area contributed by atoms with Crippen LogP contribution < -0.4 is 16.0 Å². The third-order valence-corrected chi connectivity index (χ3v) is 4.60. The SMILES string of the molecule is CC(=O)c1cccc(NC(=O)C(C)OC(=O)c2ccc(NC(=O)Nc3ccccc3)cc2)c1. The summed E-state index contributed by atoms with van der Waals surface area (Å²) in [4.78, 5) is 48.3. The molecule has 0 aliphatic carbocycles. The zero-order valence-corrected chi connectivity index (χ0v) is 18.1. The zero-order valence-electron chi connectivity index (χ0n) is 18.1. The minimum absolute atomic E-state index is 0.124. The van der Waals surface area contributed by atoms with Crippen molar-refractivity contribution in [3.8, 4) is 0 Å². The summed E-state index contributed by atoms with van der Waals surface area (Å²) in [5.74, 6) is -1.34. The number of nitrogens with one attached hydrogen (secondary N) is 3. The molecule has 0 radical (unpaired) electrons. The van der Waals surface area contributed by atoms with Crippen LogP contribution in [0.3, 0.4) is 0 Å². The minimum atomic E-state index is -1.06. The maximum absolute atomic E-state index is 12.4. The topological polar surface area (TPSA) is 114 Å². The second-order valence-corrected chi connectivity index (χ2v) is 7.20. The normalized spacial score (nSPS) is 11.1. The Morgan fingerprint density at radius 3 is 1.94 bits per heavy atom. The average Bonchev–Trinajstić information content (AvgIpc) is 2.80. The first-order chi connectivity index (χ1) is 15.8. The van der Waals surface area contributed by atoms with E-state index in [2.05, 4.69) is 16.0 Å². The molecule has 3 rings (SSSR count). The van der Waals surface area contributed by atoms with Gasteiger partial charge < -0.3 is 20.7 Å². The smallest absolute Gasteiger partial charge is 0.338 e. The summed E-state index contributed by atoms with van der Waals surface area (Å²) in [7, 11) is 0. The molecule has 0 saturated heterocycles. The molecule has 1 unspecified atom stereocenters. The third-order valence-electron chi connectivity index (χ3n) is 4.60. The molecule has 0 aliphatic heterocycles. The maximum atomic E-state index is 12.4. The van der Waals surface area contributed by atoms with Crippen molar-refractivity contribution in [2.75, 3.05) is 16.0 Å². The van der Waals surface area contributed by atoms with Crippen LogP contribution in [0.1, 0.15) is 34.6 Å². The van der Waals surface area contributed by atoms with Crippen LogP contribution >= 0.6 is 0 Å². The molecule has 3 amide bonds. The number of amides is 3. The van der Waals surface area contributed by atoms with Crippen LogP contribution in [0.2, 0.25) is 0 Å². The summed E-state index contributed by atoms with van der Waals surface area (Å²) in [6.07, 6.45) is -1.06. The number of hydrogen-bond donors (Lipinski definition) is 3. The molecule has 3 aromatic carbocycles. The summed E-state index contributed by atoms with van der Waals surface area (Å²) in [6.45, 7) is 2.88. The number of Topliss-reactive ketones (excluding diaryl/α,β-unsaturated/α-hetero) is 1. The molecule has 3 N–H and O–H groups in total. The number of esters is 1. The van der Waals surface area contributed by atoms with Gasteiger partial charge in [0.2, 0.25) is 0 Å². The fourth-order valence-electron chi connectivity index (χ4n) is 2.85. The largest absolute Gasteiger partial charge is 0.449 e. The van der Waals surface area contributed by atoms with Crippen LogP contribution in [-0.4, -0.2) is 29.8 Å². The van der Waals surface area contributed by atoms with Crippen LogP contribution in [0.25, 0.3) is 0 Å². The van der Waals surface area contributed by atoms with E-state index in [4.69, 9.17) is 4.74 Å². The van der Waals surface area contributed by atoms with Crippen molar-refractivity contribution >= 4 is 40.8 Å². The molecule has 33 heavy (non-hydrogen) atoms. The molecule has 0 saturated carbocycles. The number of hydrogen-bond acceptors (Lipinski definition) is 5. The molecule has 0 heterocycles. The molecule has 0 fully saturated rings. The Kier molecular flexibility index (Phi) is 7.54. The van der Waals surface area contributed by atoms with Gasteiger partial charge in [-0.15, -0.1) is 0 Å². The number of anilines is 3. The number of para-hydroxylation sites is 1. The van der Waals surface area contributed by atoms with Crippen molar-refractivity contribution < 1.29 is 23.9 Å². The second kappa shape index (κ2) is 10.7. The molecule has 8 nitrogen and oxygen atoms in total. The highest BCUT2D eigenvalue weighted by molar-refractivity contribution is 6.01. The van der Waals surface area contributed by atoms with Gasteiger partial charge in [-0.25, -0.2) is 9.59 Å². The molecule has 0 aromatic heterocycles. The van der Waals surface area contributed by atoms with Gasteiger partial charge in [-0.05, 0) is 62.4 Å². The highest BCUT2D eigenvalue weighted by Gasteiger charge is 2.19. The van der Waals surface area contributed by atoms with Crippen molar-refractivity contribution in [1.82, 2.24) is 0 Å². The first kappa shape index (κ1) is 23.2. The lowest BCUT2D eigenvalue weighted by molar-refractivity contribution is -0.123. The summed E-state index contributed by atoms with van der Waals surface area (Å²) in [5.41, 5.74) is 2.25. The van der Waals surface area contributed by atoms with E-state index in [1.807, 2.05) is 6.07 Å². The van der Waals surface area contributed by atoms with Crippen molar-refractivity contribution in [3.05, 3.63) is 90.0 Å². The van der Waals surface area contributed by atoms with Crippen molar-refractivity contribution in [2.45, 2.75) is 20.0 Å². The second-order valence-electron chi connectivity index (χ2n) is 7.20. The van der Waals surface area contributed by atoms with Crippen molar-refractivity contribution in [2.24, 2.45) is 0 Å². The summed E-state index contributed by atoms with van der Waals surface area (Å²) in [6, 6.07) is 21.1. The first-order valence-electron chi connectivity index (χ1n) is 10.2. The van der Waals surface area contributed by atoms with Crippen LogP contribution in [0.4, 0.5) is 21.9 Å². The van der Waals surface area contributed by atoms with Crippen LogP contribution in [0, 0.1) is 0 Å². The molecule has 168 valence electrons. The van der Waals surface area contributed by atoms with Crippen LogP contribution in [0.15, 0.2) is 78.9 Å². The van der Waals surface area contributed by atoms with E-state index >= 15 is 0 Å². The highest BCUT2D eigenvalue weighted by atomic mass is 16.5. The molecule has 0 bridgehead atoms. The Morgan fingerprint density at radius 2 is 1.30 bits per heavy atom. The fraction of sp³-hybridized carbons (Fsp3) is 0.120. The number of urea groups is 1. The number of ether oxygens (including phenoxy) is 1. The Bertz CT molecular complexity index is 1160. The number of rotatable bonds is 7. The van der Waals surface area contributed by atoms with E-state index in [-0.39, 0.29) is 11.3 Å². The number of benzene rings is 3. The van der Waals surface area contributed by atoms with Gasteiger partial charge in [-0.2, -0.15) is 0 Å². The summed E-state index contributed by atoms with van der Waals surface area (Å²) >= 11 is 0. The van der Waals surface area contributed by atoms with Gasteiger partial charge in [-0.3, -0.25) is 9.59 Å². The quantitative estimate of drug-likeness (QED) is 0.360. The summed E-state index contributed by atoms with van der Waals surface area (Å²) < 4.78 is 5.23. The van der Waals surface area contributed by atoms with Gasteiger partial charge in [-0.1, -0.05) is 30.3 Å². The van der Waals surface area contributed by atoms with Crippen LogP contribution in [0.5, 0.6) is 0 Å². The van der Waals surface area contributed by atoms with Gasteiger partial charge in [0.25, 0.3) is 5.91 Å². The molecular weight excluding hydrogens is 422 g/mol. The Morgan fingerprint density at radius 1 is 0.697 bits per heavy atom. The van der Waals surface area contributed by atoms with E-state index in [1.165, 1.54) is 26.0 Å². The zero-order chi connectivity index (χ0) is 23.8. The first-order valence-corrected chi connectivity index (χ1v) is 10.2. The van der Waals surface area contributed by atoms with Crippen molar-refractivity contribution in [1.29, 1.82) is 0 Å². The predicted octanol–water partition coefficient (Wildman–Crippen LogP) is 4.72. The van der Waals surface area contributed by atoms with Gasteiger partial charge in [0, 0.05) is 22.6 Å². The molecule has 3 aromatic rings. The highest BCUT2D eigenvalue weighted by Crippen LogP contribution is 2.15. The van der Waals surface area contributed by atoms with E-state index in [9.17, 15) is 19.2 Å². The summed E-state index contributed by atoms with van der Waals surface area (Å²) in [5, 5.41) is 7.98. The molecule has 1 atom stereocenters. The molecular formula is C25H23N3O5. The van der Waals surface area contributed by atoms with Gasteiger partial charge in [0.1, 0.15) is 0 Å². The fourth-order valence-corrected chi connectivity index (χ4v) is 2.85. The number of ketones is 1. The molecule has 0 aliphatic rings.